The Morgan fingerprint density at radius 1 is 1.42 bits per heavy atom. The molecule has 1 aliphatic rings. The van der Waals surface area contributed by atoms with Gasteiger partial charge >= 0.3 is 0 Å². The third-order valence-corrected chi connectivity index (χ3v) is 4.24. The summed E-state index contributed by atoms with van der Waals surface area (Å²) in [5.41, 5.74) is 9.63. The van der Waals surface area contributed by atoms with Crippen molar-refractivity contribution in [2.24, 2.45) is 7.05 Å². The predicted octanol–water partition coefficient (Wildman–Crippen LogP) is 2.32. The Morgan fingerprint density at radius 2 is 2.21 bits per heavy atom. The summed E-state index contributed by atoms with van der Waals surface area (Å²) in [6.07, 6.45) is 1.29. The van der Waals surface area contributed by atoms with Gasteiger partial charge in [0, 0.05) is 24.7 Å². The fourth-order valence-corrected chi connectivity index (χ4v) is 2.71. The number of amides is 1. The first-order valence-electron chi connectivity index (χ1n) is 5.97. The van der Waals surface area contributed by atoms with Crippen LogP contribution in [0.2, 0.25) is 0 Å². The van der Waals surface area contributed by atoms with Crippen LogP contribution in [-0.2, 0) is 18.3 Å². The Bertz CT molecular complexity index is 678. The van der Waals surface area contributed by atoms with Crippen LogP contribution in [0.5, 0.6) is 0 Å². The Labute approximate surface area is 119 Å². The number of fused-ring (bicyclic) bond motifs is 1. The molecule has 0 saturated heterocycles. The highest BCUT2D eigenvalue weighted by Gasteiger charge is 2.17. The minimum absolute atomic E-state index is 0.0727. The number of aromatic nitrogens is 2. The zero-order chi connectivity index (χ0) is 13.6. The Morgan fingerprint density at radius 3 is 2.89 bits per heavy atom. The van der Waals surface area contributed by atoms with Crippen molar-refractivity contribution in [1.82, 2.24) is 9.55 Å². The topological polar surface area (TPSA) is 72.9 Å². The second-order valence-electron chi connectivity index (χ2n) is 4.59. The summed E-state index contributed by atoms with van der Waals surface area (Å²) in [7, 11) is 1.86. The minimum atomic E-state index is 0.0727. The molecule has 98 valence electrons. The molecule has 19 heavy (non-hydrogen) atoms. The molecule has 0 spiro atoms. The number of benzene rings is 1. The molecule has 3 rings (SSSR count). The monoisotopic (exact) mass is 320 g/mol. The van der Waals surface area contributed by atoms with E-state index in [0.717, 1.165) is 33.5 Å². The van der Waals surface area contributed by atoms with Crippen molar-refractivity contribution < 1.29 is 4.79 Å². The SMILES string of the molecule is Cn1c(N)nc(-c2ccc3c(c2)CCC(=O)N3)c1Br. The molecule has 2 heterocycles. The first-order valence-corrected chi connectivity index (χ1v) is 6.76. The molecule has 0 aliphatic carbocycles. The van der Waals surface area contributed by atoms with E-state index in [1.165, 1.54) is 0 Å². The first kappa shape index (κ1) is 12.2. The lowest BCUT2D eigenvalue weighted by Gasteiger charge is -2.17. The van der Waals surface area contributed by atoms with Crippen LogP contribution >= 0.6 is 15.9 Å². The number of hydrogen-bond acceptors (Lipinski definition) is 3. The fraction of sp³-hybridized carbons (Fsp3) is 0.231. The lowest BCUT2D eigenvalue weighted by atomic mass is 9.99. The lowest BCUT2D eigenvalue weighted by molar-refractivity contribution is -0.116. The van der Waals surface area contributed by atoms with E-state index in [4.69, 9.17) is 5.73 Å². The summed E-state index contributed by atoms with van der Waals surface area (Å²) in [6.45, 7) is 0. The normalized spacial score (nSPS) is 14.1. The molecule has 2 aromatic rings. The highest BCUT2D eigenvalue weighted by atomic mass is 79.9. The maximum absolute atomic E-state index is 11.3. The van der Waals surface area contributed by atoms with Gasteiger partial charge in [0.25, 0.3) is 0 Å². The van der Waals surface area contributed by atoms with Crippen LogP contribution in [-0.4, -0.2) is 15.5 Å². The van der Waals surface area contributed by atoms with Crippen molar-refractivity contribution in [2.75, 3.05) is 11.1 Å². The van der Waals surface area contributed by atoms with Gasteiger partial charge in [0.15, 0.2) is 0 Å². The molecule has 0 bridgehead atoms. The molecule has 0 saturated carbocycles. The number of carbonyl (C=O) groups is 1. The van der Waals surface area contributed by atoms with Crippen molar-refractivity contribution in [3.63, 3.8) is 0 Å². The van der Waals surface area contributed by atoms with Crippen LogP contribution < -0.4 is 11.1 Å². The summed E-state index contributed by atoms with van der Waals surface area (Å²) in [5, 5.41) is 2.87. The van der Waals surface area contributed by atoms with E-state index in [9.17, 15) is 4.79 Å². The molecule has 1 aliphatic heterocycles. The number of rotatable bonds is 1. The number of anilines is 2. The van der Waals surface area contributed by atoms with Crippen LogP contribution in [0.15, 0.2) is 22.8 Å². The Hall–Kier alpha value is -1.82. The number of nitrogens with one attached hydrogen (secondary N) is 1. The molecule has 5 nitrogen and oxygen atoms in total. The maximum Gasteiger partial charge on any atom is 0.224 e. The van der Waals surface area contributed by atoms with Crippen molar-refractivity contribution >= 4 is 33.5 Å². The van der Waals surface area contributed by atoms with Gasteiger partial charge in [-0.2, -0.15) is 0 Å². The minimum Gasteiger partial charge on any atom is -0.369 e. The third-order valence-electron chi connectivity index (χ3n) is 3.33. The summed E-state index contributed by atoms with van der Waals surface area (Å²) < 4.78 is 2.64. The van der Waals surface area contributed by atoms with E-state index < -0.39 is 0 Å². The maximum atomic E-state index is 11.3. The molecule has 3 N–H and O–H groups in total. The summed E-state index contributed by atoms with van der Waals surface area (Å²) >= 11 is 3.49. The smallest absolute Gasteiger partial charge is 0.224 e. The van der Waals surface area contributed by atoms with Gasteiger partial charge in [-0.1, -0.05) is 6.07 Å². The van der Waals surface area contributed by atoms with Gasteiger partial charge in [0.05, 0.1) is 0 Å². The van der Waals surface area contributed by atoms with Gasteiger partial charge in [-0.05, 0) is 40.0 Å². The second kappa shape index (κ2) is 4.38. The molecule has 6 heteroatoms. The largest absolute Gasteiger partial charge is 0.369 e. The molecule has 1 aromatic carbocycles. The number of hydrogen-bond donors (Lipinski definition) is 2. The van der Waals surface area contributed by atoms with E-state index in [2.05, 4.69) is 32.3 Å². The highest BCUT2D eigenvalue weighted by molar-refractivity contribution is 9.10. The highest BCUT2D eigenvalue weighted by Crippen LogP contribution is 2.32. The lowest BCUT2D eigenvalue weighted by Crippen LogP contribution is -2.18. The second-order valence-corrected chi connectivity index (χ2v) is 5.34. The number of aryl methyl sites for hydroxylation is 1. The summed E-state index contributed by atoms with van der Waals surface area (Å²) in [5.74, 6) is 0.538. The van der Waals surface area contributed by atoms with Gasteiger partial charge < -0.3 is 15.6 Å². The van der Waals surface area contributed by atoms with E-state index in [1.54, 1.807) is 4.57 Å². The first-order chi connectivity index (χ1) is 9.06. The van der Waals surface area contributed by atoms with Gasteiger partial charge in [0.2, 0.25) is 11.9 Å². The molecular weight excluding hydrogens is 308 g/mol. The Kier molecular flexibility index (Phi) is 2.82. The van der Waals surface area contributed by atoms with Crippen LogP contribution in [0.1, 0.15) is 12.0 Å². The molecule has 0 radical (unpaired) electrons. The molecule has 0 fully saturated rings. The van der Waals surface area contributed by atoms with Gasteiger partial charge in [-0.25, -0.2) is 4.98 Å². The number of nitrogens with zero attached hydrogens (tertiary/aromatic N) is 2. The zero-order valence-electron chi connectivity index (χ0n) is 10.4. The number of nitrogen functional groups attached to an aromatic ring is 1. The Balaban J connectivity index is 2.07. The van der Waals surface area contributed by atoms with E-state index >= 15 is 0 Å². The zero-order valence-corrected chi connectivity index (χ0v) is 12.0. The van der Waals surface area contributed by atoms with Crippen molar-refractivity contribution in [1.29, 1.82) is 0 Å². The number of nitrogens with two attached hydrogens (primary N) is 1. The van der Waals surface area contributed by atoms with E-state index in [0.29, 0.717) is 12.4 Å². The molecule has 1 aromatic heterocycles. The average molecular weight is 321 g/mol. The quantitative estimate of drug-likeness (QED) is 0.846. The predicted molar refractivity (Wildman–Crippen MR) is 77.7 cm³/mol. The van der Waals surface area contributed by atoms with Crippen molar-refractivity contribution in [3.05, 3.63) is 28.4 Å². The van der Waals surface area contributed by atoms with E-state index in [1.807, 2.05) is 19.2 Å². The van der Waals surface area contributed by atoms with Gasteiger partial charge in [-0.3, -0.25) is 4.79 Å². The van der Waals surface area contributed by atoms with Gasteiger partial charge in [-0.15, -0.1) is 0 Å². The average Bonchev–Trinajstić information content (AvgIpc) is 2.66. The molecule has 0 unspecified atom stereocenters. The van der Waals surface area contributed by atoms with Crippen LogP contribution in [0.4, 0.5) is 11.6 Å². The standard InChI is InChI=1S/C13H13BrN4O/c1-18-12(14)11(17-13(18)15)8-2-4-9-7(6-8)3-5-10(19)16-9/h2,4,6H,3,5H2,1H3,(H2,15,17)(H,16,19). The van der Waals surface area contributed by atoms with Crippen LogP contribution in [0.25, 0.3) is 11.3 Å². The third kappa shape index (κ3) is 2.02. The number of imidazole rings is 1. The molecular formula is C13H13BrN4O. The number of halogens is 1. The summed E-state index contributed by atoms with van der Waals surface area (Å²) in [6, 6.07) is 5.91. The van der Waals surface area contributed by atoms with Crippen molar-refractivity contribution in [3.8, 4) is 11.3 Å². The van der Waals surface area contributed by atoms with Gasteiger partial charge in [0.1, 0.15) is 10.3 Å². The van der Waals surface area contributed by atoms with Crippen molar-refractivity contribution in [2.45, 2.75) is 12.8 Å². The fourth-order valence-electron chi connectivity index (χ4n) is 2.21. The van der Waals surface area contributed by atoms with E-state index in [-0.39, 0.29) is 5.91 Å². The van der Waals surface area contributed by atoms with Crippen LogP contribution in [0.3, 0.4) is 0 Å². The summed E-state index contributed by atoms with van der Waals surface area (Å²) in [4.78, 5) is 15.7. The molecule has 0 atom stereocenters. The number of carbonyl (C=O) groups excluding carboxylic acids is 1. The van der Waals surface area contributed by atoms with Crippen LogP contribution in [0, 0.1) is 0 Å². The molecule has 1 amide bonds.